The van der Waals surface area contributed by atoms with Crippen LogP contribution < -0.4 is 16.0 Å². The van der Waals surface area contributed by atoms with Gasteiger partial charge in [0.25, 0.3) is 11.5 Å². The first-order valence-electron chi connectivity index (χ1n) is 11.3. The van der Waals surface area contributed by atoms with Crippen molar-refractivity contribution >= 4 is 23.1 Å². The zero-order valence-electron chi connectivity index (χ0n) is 20.1. The van der Waals surface area contributed by atoms with Crippen molar-refractivity contribution < 1.29 is 13.9 Å². The van der Waals surface area contributed by atoms with Crippen molar-refractivity contribution in [3.63, 3.8) is 0 Å². The minimum Gasteiger partial charge on any atom is -0.457 e. The molecule has 0 saturated carbocycles. The molecule has 186 valence electrons. The molecule has 0 atom stereocenters. The van der Waals surface area contributed by atoms with Crippen LogP contribution in [0.3, 0.4) is 0 Å². The lowest BCUT2D eigenvalue weighted by molar-refractivity contribution is 0.0701. The highest BCUT2D eigenvalue weighted by Crippen LogP contribution is 2.21. The monoisotopic (exact) mass is 498 g/mol. The molecule has 0 amide bonds. The number of ether oxygens (including phenoxy) is 1. The van der Waals surface area contributed by atoms with Crippen LogP contribution in [0.1, 0.15) is 21.7 Å². The molecular formula is C26H22N6O5. The smallest absolute Gasteiger partial charge is 0.379 e. The van der Waals surface area contributed by atoms with Gasteiger partial charge in [-0.2, -0.15) is 10.1 Å². The molecule has 2 aromatic carbocycles. The summed E-state index contributed by atoms with van der Waals surface area (Å²) < 4.78 is 14.3. The fourth-order valence-electron chi connectivity index (χ4n) is 3.82. The van der Waals surface area contributed by atoms with E-state index in [1.165, 1.54) is 23.9 Å². The number of rotatable bonds is 7. The Morgan fingerprint density at radius 3 is 2.41 bits per heavy atom. The Balaban J connectivity index is 1.41. The summed E-state index contributed by atoms with van der Waals surface area (Å²) in [6.45, 7) is 0.548. The van der Waals surface area contributed by atoms with Crippen molar-refractivity contribution in [1.82, 2.24) is 18.7 Å². The summed E-state index contributed by atoms with van der Waals surface area (Å²) in [5.74, 6) is 0.101. The summed E-state index contributed by atoms with van der Waals surface area (Å²) in [5, 5.41) is 8.56. The second kappa shape index (κ2) is 9.90. The maximum Gasteiger partial charge on any atom is 0.379 e. The Kier molecular flexibility index (Phi) is 6.33. The quantitative estimate of drug-likeness (QED) is 0.192. The molecule has 5 aromatic rings. The third kappa shape index (κ3) is 4.74. The van der Waals surface area contributed by atoms with Gasteiger partial charge in [-0.1, -0.05) is 42.5 Å². The van der Waals surface area contributed by atoms with Crippen LogP contribution in [0.4, 0.5) is 5.95 Å². The standard InChI is InChI=1S/C26H22N6O5/c1-30-22-21(23(33)31(2)26(30)35)32(16-18-7-4-3-5-8-18)25(28-22)29-27-15-17-10-12-19(13-11-17)37-24(34)20-9-6-14-36-20/h3-14H,15-16H2,1-2H3. The first-order valence-corrected chi connectivity index (χ1v) is 11.3. The van der Waals surface area contributed by atoms with E-state index >= 15 is 0 Å². The summed E-state index contributed by atoms with van der Waals surface area (Å²) in [4.78, 5) is 41.9. The number of furan rings is 1. The van der Waals surface area contributed by atoms with E-state index < -0.39 is 17.2 Å². The molecule has 0 saturated heterocycles. The molecule has 0 aliphatic carbocycles. The van der Waals surface area contributed by atoms with Gasteiger partial charge in [0.2, 0.25) is 5.76 Å². The lowest BCUT2D eigenvalue weighted by atomic mass is 10.2. The maximum atomic E-state index is 13.0. The molecule has 0 fully saturated rings. The van der Waals surface area contributed by atoms with Gasteiger partial charge in [0, 0.05) is 14.1 Å². The van der Waals surface area contributed by atoms with Crippen molar-refractivity contribution in [2.75, 3.05) is 0 Å². The third-order valence-electron chi connectivity index (χ3n) is 5.78. The number of nitrogens with zero attached hydrogens (tertiary/aromatic N) is 6. The number of hydrogen-bond acceptors (Lipinski definition) is 8. The molecule has 11 nitrogen and oxygen atoms in total. The highest BCUT2D eigenvalue weighted by molar-refractivity contribution is 5.88. The number of azo groups is 1. The Morgan fingerprint density at radius 1 is 0.946 bits per heavy atom. The largest absolute Gasteiger partial charge is 0.457 e. The lowest BCUT2D eigenvalue weighted by Crippen LogP contribution is -2.37. The number of carbonyl (C=O) groups excluding carboxylic acids is 1. The van der Waals surface area contributed by atoms with Gasteiger partial charge in [-0.15, -0.1) is 5.11 Å². The molecule has 0 aliphatic rings. The summed E-state index contributed by atoms with van der Waals surface area (Å²) in [5.41, 5.74) is 1.33. The van der Waals surface area contributed by atoms with Gasteiger partial charge in [-0.25, -0.2) is 9.59 Å². The van der Waals surface area contributed by atoms with E-state index in [-0.39, 0.29) is 29.4 Å². The summed E-state index contributed by atoms with van der Waals surface area (Å²) in [6.07, 6.45) is 1.40. The molecule has 5 rings (SSSR count). The van der Waals surface area contributed by atoms with E-state index in [0.717, 1.165) is 15.7 Å². The van der Waals surface area contributed by atoms with E-state index in [1.807, 2.05) is 30.3 Å². The van der Waals surface area contributed by atoms with Crippen molar-refractivity contribution in [2.24, 2.45) is 24.3 Å². The number of aromatic nitrogens is 4. The summed E-state index contributed by atoms with van der Waals surface area (Å²) >= 11 is 0. The van der Waals surface area contributed by atoms with E-state index in [0.29, 0.717) is 12.3 Å². The second-order valence-corrected chi connectivity index (χ2v) is 8.27. The predicted molar refractivity (Wildman–Crippen MR) is 134 cm³/mol. The number of fused-ring (bicyclic) bond motifs is 1. The van der Waals surface area contributed by atoms with Gasteiger partial charge in [0.05, 0.1) is 19.4 Å². The fraction of sp³-hybridized carbons (Fsp3) is 0.154. The Hall–Kier alpha value is -5.06. The van der Waals surface area contributed by atoms with Crippen molar-refractivity contribution in [2.45, 2.75) is 13.1 Å². The molecule has 3 aromatic heterocycles. The van der Waals surface area contributed by atoms with Crippen LogP contribution >= 0.6 is 0 Å². The number of esters is 1. The van der Waals surface area contributed by atoms with Crippen LogP contribution in [0.5, 0.6) is 5.75 Å². The average molecular weight is 498 g/mol. The second-order valence-electron chi connectivity index (χ2n) is 8.27. The van der Waals surface area contributed by atoms with Gasteiger partial charge in [0.15, 0.2) is 11.2 Å². The zero-order valence-corrected chi connectivity index (χ0v) is 20.1. The number of carbonyl (C=O) groups is 1. The van der Waals surface area contributed by atoms with E-state index in [4.69, 9.17) is 9.15 Å². The van der Waals surface area contributed by atoms with Gasteiger partial charge < -0.3 is 9.15 Å². The number of aryl methyl sites for hydroxylation is 1. The van der Waals surface area contributed by atoms with Crippen molar-refractivity contribution in [3.05, 3.63) is 111 Å². The van der Waals surface area contributed by atoms with Crippen LogP contribution in [0.25, 0.3) is 11.2 Å². The van der Waals surface area contributed by atoms with Gasteiger partial charge >= 0.3 is 11.7 Å². The first-order chi connectivity index (χ1) is 17.9. The van der Waals surface area contributed by atoms with Gasteiger partial charge in [-0.05, 0) is 35.4 Å². The van der Waals surface area contributed by atoms with Crippen molar-refractivity contribution in [3.8, 4) is 5.75 Å². The van der Waals surface area contributed by atoms with Gasteiger partial charge in [-0.3, -0.25) is 18.5 Å². The molecule has 0 unspecified atom stereocenters. The fourth-order valence-corrected chi connectivity index (χ4v) is 3.82. The topological polar surface area (TPSA) is 126 Å². The van der Waals surface area contributed by atoms with Crippen LogP contribution in [-0.2, 0) is 27.2 Å². The molecule has 3 heterocycles. The van der Waals surface area contributed by atoms with E-state index in [1.54, 1.807) is 41.9 Å². The molecule has 0 radical (unpaired) electrons. The van der Waals surface area contributed by atoms with Crippen LogP contribution in [0.15, 0.2) is 97.2 Å². The third-order valence-corrected chi connectivity index (χ3v) is 5.78. The summed E-state index contributed by atoms with van der Waals surface area (Å²) in [6, 6.07) is 19.5. The Bertz CT molecular complexity index is 1710. The minimum atomic E-state index is -0.588. The Labute approximate surface area is 209 Å². The molecule has 0 aliphatic heterocycles. The molecule has 0 bridgehead atoms. The molecule has 11 heteroatoms. The Morgan fingerprint density at radius 2 is 1.70 bits per heavy atom. The van der Waals surface area contributed by atoms with Crippen LogP contribution in [0, 0.1) is 0 Å². The highest BCUT2D eigenvalue weighted by Gasteiger charge is 2.19. The molecular weight excluding hydrogens is 476 g/mol. The van der Waals surface area contributed by atoms with E-state index in [9.17, 15) is 14.4 Å². The normalized spacial score (nSPS) is 11.4. The lowest BCUT2D eigenvalue weighted by Gasteiger charge is -2.07. The average Bonchev–Trinajstić information content (AvgIpc) is 3.57. The van der Waals surface area contributed by atoms with Gasteiger partial charge in [0.1, 0.15) is 5.75 Å². The number of benzene rings is 2. The van der Waals surface area contributed by atoms with Crippen LogP contribution in [-0.4, -0.2) is 24.7 Å². The highest BCUT2D eigenvalue weighted by atomic mass is 16.5. The van der Waals surface area contributed by atoms with Crippen LogP contribution in [0.2, 0.25) is 0 Å². The first kappa shape index (κ1) is 23.7. The molecule has 37 heavy (non-hydrogen) atoms. The van der Waals surface area contributed by atoms with Crippen molar-refractivity contribution in [1.29, 1.82) is 0 Å². The minimum absolute atomic E-state index is 0.114. The zero-order chi connectivity index (χ0) is 25.9. The predicted octanol–water partition coefficient (Wildman–Crippen LogP) is 3.58. The number of hydrogen-bond donors (Lipinski definition) is 0. The maximum absolute atomic E-state index is 13.0. The SMILES string of the molecule is Cn1c(=O)c2c(nc(N=NCc3ccc(OC(=O)c4ccco4)cc3)n2Cc2ccccc2)n(C)c1=O. The number of imidazole rings is 1. The van der Waals surface area contributed by atoms with E-state index in [2.05, 4.69) is 15.2 Å². The molecule has 0 spiro atoms. The molecule has 0 N–H and O–H groups in total. The summed E-state index contributed by atoms with van der Waals surface area (Å²) in [7, 11) is 2.99.